The van der Waals surface area contributed by atoms with Crippen molar-refractivity contribution in [2.24, 2.45) is 0 Å². The van der Waals surface area contributed by atoms with E-state index in [-0.39, 0.29) is 0 Å². The van der Waals surface area contributed by atoms with Crippen LogP contribution in [0.5, 0.6) is 0 Å². The van der Waals surface area contributed by atoms with Gasteiger partial charge in [0.15, 0.2) is 0 Å². The van der Waals surface area contributed by atoms with Crippen LogP contribution in [0.15, 0.2) is 23.6 Å². The Hall–Kier alpha value is -1.88. The number of nitrogens with one attached hydrogen (secondary N) is 1. The summed E-state index contributed by atoms with van der Waals surface area (Å²) in [6, 6.07) is 5.22. The molecule has 0 spiro atoms. The highest BCUT2D eigenvalue weighted by atomic mass is 32.1. The van der Waals surface area contributed by atoms with Gasteiger partial charge < -0.3 is 10.4 Å². The number of carboxylic acid groups (broad SMARTS) is 1. The number of aryl methyl sites for hydroxylation is 1. The molecule has 1 aromatic heterocycles. The van der Waals surface area contributed by atoms with Gasteiger partial charge in [-0.3, -0.25) is 0 Å². The molecule has 0 unspecified atom stereocenters. The number of anilines is 1. The first-order valence-electron chi connectivity index (χ1n) is 5.55. The Morgan fingerprint density at radius 2 is 2.22 bits per heavy atom. The first-order chi connectivity index (χ1) is 8.58. The zero-order valence-corrected chi connectivity index (χ0v) is 11.0. The van der Waals surface area contributed by atoms with E-state index in [1.165, 1.54) is 0 Å². The number of carbonyl (C=O) groups is 1. The highest BCUT2D eigenvalue weighted by Crippen LogP contribution is 2.20. The van der Waals surface area contributed by atoms with Crippen molar-refractivity contribution in [2.75, 3.05) is 5.32 Å². The van der Waals surface area contributed by atoms with Gasteiger partial charge in [0.05, 0.1) is 22.8 Å². The van der Waals surface area contributed by atoms with Gasteiger partial charge in [-0.2, -0.15) is 0 Å². The Bertz CT molecular complexity index is 578. The molecule has 0 fully saturated rings. The Morgan fingerprint density at radius 1 is 1.44 bits per heavy atom. The number of aromatic carboxylic acids is 1. The van der Waals surface area contributed by atoms with Gasteiger partial charge in [-0.05, 0) is 31.5 Å². The molecule has 1 heterocycles. The van der Waals surface area contributed by atoms with Crippen LogP contribution in [0, 0.1) is 13.8 Å². The fourth-order valence-corrected chi connectivity index (χ4v) is 2.35. The number of nitrogens with zero attached hydrogens (tertiary/aromatic N) is 1. The summed E-state index contributed by atoms with van der Waals surface area (Å²) >= 11 is 1.61. The summed E-state index contributed by atoms with van der Waals surface area (Å²) in [6.45, 7) is 4.37. The topological polar surface area (TPSA) is 62.2 Å². The molecular formula is C13H14N2O2S. The largest absolute Gasteiger partial charge is 0.478 e. The zero-order valence-electron chi connectivity index (χ0n) is 10.2. The van der Waals surface area contributed by atoms with E-state index in [2.05, 4.69) is 10.3 Å². The Labute approximate surface area is 109 Å². The second-order valence-electron chi connectivity index (χ2n) is 3.99. The standard InChI is InChI=1S/C13H14N2O2S/c1-8-11(13(16)17)4-3-5-12(8)14-6-10-7-18-9(2)15-10/h3-5,7,14H,6H2,1-2H3,(H,16,17). The highest BCUT2D eigenvalue weighted by molar-refractivity contribution is 7.09. The van der Waals surface area contributed by atoms with Crippen LogP contribution < -0.4 is 5.32 Å². The number of hydrogen-bond donors (Lipinski definition) is 2. The molecule has 94 valence electrons. The van der Waals surface area contributed by atoms with E-state index in [0.717, 1.165) is 22.0 Å². The van der Waals surface area contributed by atoms with E-state index < -0.39 is 5.97 Å². The summed E-state index contributed by atoms with van der Waals surface area (Å²) in [5, 5.41) is 15.3. The molecule has 18 heavy (non-hydrogen) atoms. The van der Waals surface area contributed by atoms with Crippen LogP contribution in [-0.4, -0.2) is 16.1 Å². The molecule has 0 saturated carbocycles. The summed E-state index contributed by atoms with van der Waals surface area (Å²) in [5.74, 6) is -0.902. The number of rotatable bonds is 4. The van der Waals surface area contributed by atoms with Crippen molar-refractivity contribution in [3.05, 3.63) is 45.4 Å². The van der Waals surface area contributed by atoms with Gasteiger partial charge in [0.2, 0.25) is 0 Å². The first kappa shape index (κ1) is 12.6. The third-order valence-corrected chi connectivity index (χ3v) is 3.51. The van der Waals surface area contributed by atoms with Crippen LogP contribution in [0.2, 0.25) is 0 Å². The van der Waals surface area contributed by atoms with Crippen LogP contribution in [0.1, 0.15) is 26.6 Å². The number of benzene rings is 1. The predicted octanol–water partition coefficient (Wildman–Crippen LogP) is 3.07. The normalized spacial score (nSPS) is 10.3. The molecule has 0 aliphatic heterocycles. The van der Waals surface area contributed by atoms with Crippen LogP contribution in [0.25, 0.3) is 0 Å². The molecule has 0 radical (unpaired) electrons. The SMILES string of the molecule is Cc1nc(CNc2cccc(C(=O)O)c2C)cs1. The zero-order chi connectivity index (χ0) is 13.1. The maximum atomic E-state index is 11.0. The fourth-order valence-electron chi connectivity index (χ4n) is 1.73. The molecule has 2 rings (SSSR count). The van der Waals surface area contributed by atoms with E-state index in [0.29, 0.717) is 12.1 Å². The summed E-state index contributed by atoms with van der Waals surface area (Å²) < 4.78 is 0. The lowest BCUT2D eigenvalue weighted by Crippen LogP contribution is -2.05. The number of hydrogen-bond acceptors (Lipinski definition) is 4. The maximum absolute atomic E-state index is 11.0. The minimum Gasteiger partial charge on any atom is -0.478 e. The van der Waals surface area contributed by atoms with Gasteiger partial charge in [0.25, 0.3) is 0 Å². The van der Waals surface area contributed by atoms with Crippen molar-refractivity contribution in [3.63, 3.8) is 0 Å². The van der Waals surface area contributed by atoms with Gasteiger partial charge in [0, 0.05) is 11.1 Å². The van der Waals surface area contributed by atoms with Gasteiger partial charge >= 0.3 is 5.97 Å². The van der Waals surface area contributed by atoms with E-state index in [4.69, 9.17) is 5.11 Å². The van der Waals surface area contributed by atoms with Crippen LogP contribution in [0.3, 0.4) is 0 Å². The number of carboxylic acids is 1. The Kier molecular flexibility index (Phi) is 3.62. The lowest BCUT2D eigenvalue weighted by Gasteiger charge is -2.10. The molecule has 0 aliphatic rings. The summed E-state index contributed by atoms with van der Waals surface area (Å²) in [4.78, 5) is 15.4. The van der Waals surface area contributed by atoms with Gasteiger partial charge in [-0.15, -0.1) is 11.3 Å². The van der Waals surface area contributed by atoms with E-state index in [1.54, 1.807) is 30.4 Å². The smallest absolute Gasteiger partial charge is 0.336 e. The third kappa shape index (κ3) is 2.68. The van der Waals surface area contributed by atoms with Crippen LogP contribution in [0.4, 0.5) is 5.69 Å². The highest BCUT2D eigenvalue weighted by Gasteiger charge is 2.09. The van der Waals surface area contributed by atoms with Crippen LogP contribution >= 0.6 is 11.3 Å². The molecular weight excluding hydrogens is 248 g/mol. The van der Waals surface area contributed by atoms with Crippen molar-refractivity contribution in [1.29, 1.82) is 0 Å². The molecule has 0 saturated heterocycles. The molecule has 4 nitrogen and oxygen atoms in total. The van der Waals surface area contributed by atoms with Crippen molar-refractivity contribution in [2.45, 2.75) is 20.4 Å². The minimum absolute atomic E-state index is 0.328. The Morgan fingerprint density at radius 3 is 2.83 bits per heavy atom. The maximum Gasteiger partial charge on any atom is 0.336 e. The molecule has 1 aromatic carbocycles. The second-order valence-corrected chi connectivity index (χ2v) is 5.06. The van der Waals surface area contributed by atoms with Crippen molar-refractivity contribution in [3.8, 4) is 0 Å². The summed E-state index contributed by atoms with van der Waals surface area (Å²) in [5.41, 5.74) is 2.88. The monoisotopic (exact) mass is 262 g/mol. The molecule has 0 aliphatic carbocycles. The quantitative estimate of drug-likeness (QED) is 0.889. The molecule has 2 N–H and O–H groups in total. The summed E-state index contributed by atoms with van der Waals surface area (Å²) in [7, 11) is 0. The predicted molar refractivity (Wildman–Crippen MR) is 72.3 cm³/mol. The van der Waals surface area contributed by atoms with Crippen molar-refractivity contribution in [1.82, 2.24) is 4.98 Å². The average Bonchev–Trinajstić information content (AvgIpc) is 2.73. The number of thiazole rings is 1. The second kappa shape index (κ2) is 5.18. The molecule has 0 amide bonds. The lowest BCUT2D eigenvalue weighted by molar-refractivity contribution is 0.0696. The van der Waals surface area contributed by atoms with E-state index in [1.807, 2.05) is 18.4 Å². The number of aromatic nitrogens is 1. The minimum atomic E-state index is -0.902. The van der Waals surface area contributed by atoms with Gasteiger partial charge in [-0.1, -0.05) is 6.07 Å². The van der Waals surface area contributed by atoms with Gasteiger partial charge in [0.1, 0.15) is 0 Å². The molecule has 0 bridgehead atoms. The average molecular weight is 262 g/mol. The van der Waals surface area contributed by atoms with Crippen molar-refractivity contribution < 1.29 is 9.90 Å². The first-order valence-corrected chi connectivity index (χ1v) is 6.43. The lowest BCUT2D eigenvalue weighted by atomic mass is 10.1. The van der Waals surface area contributed by atoms with Gasteiger partial charge in [-0.25, -0.2) is 9.78 Å². The molecule has 0 atom stereocenters. The van der Waals surface area contributed by atoms with E-state index >= 15 is 0 Å². The molecule has 2 aromatic rings. The fraction of sp³-hybridized carbons (Fsp3) is 0.231. The third-order valence-electron chi connectivity index (χ3n) is 2.69. The molecule has 5 heteroatoms. The summed E-state index contributed by atoms with van der Waals surface area (Å²) in [6.07, 6.45) is 0. The van der Waals surface area contributed by atoms with Crippen molar-refractivity contribution >= 4 is 23.0 Å². The Balaban J connectivity index is 2.14. The van der Waals surface area contributed by atoms with E-state index in [9.17, 15) is 4.79 Å². The van der Waals surface area contributed by atoms with Crippen LogP contribution in [-0.2, 0) is 6.54 Å².